The van der Waals surface area contributed by atoms with Crippen molar-refractivity contribution < 1.29 is 9.47 Å². The number of hydrogen-bond acceptors (Lipinski definition) is 3. The molecule has 0 aromatic heterocycles. The lowest BCUT2D eigenvalue weighted by molar-refractivity contribution is 0.284. The summed E-state index contributed by atoms with van der Waals surface area (Å²) in [6.45, 7) is 1.12. The molecule has 2 aromatic rings. The van der Waals surface area contributed by atoms with E-state index in [0.29, 0.717) is 28.2 Å². The summed E-state index contributed by atoms with van der Waals surface area (Å²) >= 11 is 15.5. The third-order valence-corrected chi connectivity index (χ3v) is 4.56. The maximum absolute atomic E-state index is 6.01. The highest BCUT2D eigenvalue weighted by Crippen LogP contribution is 2.34. The van der Waals surface area contributed by atoms with Crippen molar-refractivity contribution in [1.29, 1.82) is 0 Å². The molecule has 6 heteroatoms. The fourth-order valence-corrected chi connectivity index (χ4v) is 2.75. The van der Waals surface area contributed by atoms with Crippen LogP contribution in [0.2, 0.25) is 10.0 Å². The Kier molecular flexibility index (Phi) is 6.38. The van der Waals surface area contributed by atoms with Gasteiger partial charge < -0.3 is 14.8 Å². The molecule has 22 heavy (non-hydrogen) atoms. The maximum Gasteiger partial charge on any atom is 0.162 e. The third-order valence-electron chi connectivity index (χ3n) is 3.08. The summed E-state index contributed by atoms with van der Waals surface area (Å²) in [4.78, 5) is 0. The molecule has 0 radical (unpaired) electrons. The van der Waals surface area contributed by atoms with Crippen LogP contribution in [0.15, 0.2) is 34.8 Å². The van der Waals surface area contributed by atoms with E-state index < -0.39 is 0 Å². The summed E-state index contributed by atoms with van der Waals surface area (Å²) in [6.07, 6.45) is 0. The fraction of sp³-hybridized carbons (Fsp3) is 0.250. The van der Waals surface area contributed by atoms with Gasteiger partial charge in [0.2, 0.25) is 0 Å². The van der Waals surface area contributed by atoms with E-state index in [1.165, 1.54) is 0 Å². The summed E-state index contributed by atoms with van der Waals surface area (Å²) in [5.41, 5.74) is 2.04. The van der Waals surface area contributed by atoms with E-state index in [9.17, 15) is 0 Å². The summed E-state index contributed by atoms with van der Waals surface area (Å²) in [7, 11) is 3.52. The molecule has 1 N–H and O–H groups in total. The Balaban J connectivity index is 2.18. The molecule has 0 atom stereocenters. The Morgan fingerprint density at radius 1 is 1.09 bits per heavy atom. The van der Waals surface area contributed by atoms with Crippen molar-refractivity contribution in [3.63, 3.8) is 0 Å². The first-order valence-corrected chi connectivity index (χ1v) is 8.17. The van der Waals surface area contributed by atoms with Crippen LogP contribution >= 0.6 is 39.1 Å². The van der Waals surface area contributed by atoms with Gasteiger partial charge in [0.05, 0.1) is 17.2 Å². The van der Waals surface area contributed by atoms with Gasteiger partial charge in [-0.15, -0.1) is 0 Å². The van der Waals surface area contributed by atoms with Crippen molar-refractivity contribution in [3.8, 4) is 11.5 Å². The minimum atomic E-state index is 0.380. The van der Waals surface area contributed by atoms with Gasteiger partial charge in [-0.1, -0.05) is 45.2 Å². The van der Waals surface area contributed by atoms with Gasteiger partial charge in [0.15, 0.2) is 11.5 Å². The van der Waals surface area contributed by atoms with E-state index in [0.717, 1.165) is 22.1 Å². The number of ether oxygens (including phenoxy) is 2. The zero-order valence-electron chi connectivity index (χ0n) is 12.3. The number of methoxy groups -OCH3 is 1. The van der Waals surface area contributed by atoms with Crippen LogP contribution in [-0.4, -0.2) is 14.2 Å². The van der Waals surface area contributed by atoms with Crippen LogP contribution in [0.1, 0.15) is 11.1 Å². The fourth-order valence-electron chi connectivity index (χ4n) is 1.97. The Morgan fingerprint density at radius 2 is 1.86 bits per heavy atom. The highest BCUT2D eigenvalue weighted by molar-refractivity contribution is 9.10. The number of halogens is 3. The lowest BCUT2D eigenvalue weighted by Gasteiger charge is -2.14. The van der Waals surface area contributed by atoms with E-state index in [4.69, 9.17) is 32.7 Å². The third kappa shape index (κ3) is 4.29. The normalized spacial score (nSPS) is 10.6. The molecule has 0 saturated carbocycles. The molecule has 0 heterocycles. The van der Waals surface area contributed by atoms with Crippen molar-refractivity contribution in [1.82, 2.24) is 5.32 Å². The van der Waals surface area contributed by atoms with Gasteiger partial charge in [-0.2, -0.15) is 0 Å². The van der Waals surface area contributed by atoms with E-state index in [1.54, 1.807) is 19.2 Å². The van der Waals surface area contributed by atoms with Gasteiger partial charge in [-0.25, -0.2) is 0 Å². The molecule has 0 fully saturated rings. The predicted octanol–water partition coefficient (Wildman–Crippen LogP) is 5.06. The highest BCUT2D eigenvalue weighted by atomic mass is 79.9. The first kappa shape index (κ1) is 17.4. The predicted molar refractivity (Wildman–Crippen MR) is 94.3 cm³/mol. The molecular formula is C16H16BrCl2NO2. The van der Waals surface area contributed by atoms with Crippen LogP contribution in [-0.2, 0) is 13.2 Å². The molecule has 0 aliphatic rings. The van der Waals surface area contributed by atoms with Crippen LogP contribution < -0.4 is 14.8 Å². The molecule has 118 valence electrons. The maximum atomic E-state index is 6.01. The minimum absolute atomic E-state index is 0.380. The molecule has 0 amide bonds. The molecule has 0 bridgehead atoms. The number of rotatable bonds is 6. The van der Waals surface area contributed by atoms with Gasteiger partial charge >= 0.3 is 0 Å². The molecule has 3 nitrogen and oxygen atoms in total. The second-order valence-electron chi connectivity index (χ2n) is 4.66. The average molecular weight is 405 g/mol. The standard InChI is InChI=1S/C16H16BrCl2NO2/c1-20-8-11-6-15(21-2)16(7-12(11)17)22-9-10-3-4-13(18)14(19)5-10/h3-7,20H,8-9H2,1-2H3. The largest absolute Gasteiger partial charge is 0.493 e. The van der Waals surface area contributed by atoms with E-state index in [1.807, 2.05) is 25.2 Å². The molecule has 0 aliphatic carbocycles. The first-order chi connectivity index (χ1) is 10.5. The lowest BCUT2D eigenvalue weighted by atomic mass is 10.2. The van der Waals surface area contributed by atoms with Gasteiger partial charge in [-0.3, -0.25) is 0 Å². The molecule has 0 saturated heterocycles. The smallest absolute Gasteiger partial charge is 0.162 e. The van der Waals surface area contributed by atoms with Crippen LogP contribution in [0, 0.1) is 0 Å². The molecule has 2 rings (SSSR count). The van der Waals surface area contributed by atoms with Crippen LogP contribution in [0.4, 0.5) is 0 Å². The minimum Gasteiger partial charge on any atom is -0.493 e. The quantitative estimate of drug-likeness (QED) is 0.729. The Hall–Kier alpha value is -0.940. The molecule has 0 spiro atoms. The Morgan fingerprint density at radius 3 is 2.50 bits per heavy atom. The van der Waals surface area contributed by atoms with Gasteiger partial charge in [-0.05, 0) is 42.4 Å². The molecule has 2 aromatic carbocycles. The molecule has 0 unspecified atom stereocenters. The second kappa shape index (κ2) is 8.06. The first-order valence-electron chi connectivity index (χ1n) is 6.63. The second-order valence-corrected chi connectivity index (χ2v) is 6.33. The van der Waals surface area contributed by atoms with Crippen LogP contribution in [0.3, 0.4) is 0 Å². The van der Waals surface area contributed by atoms with Crippen molar-refractivity contribution in [2.45, 2.75) is 13.2 Å². The molecular weight excluding hydrogens is 389 g/mol. The summed E-state index contributed by atoms with van der Waals surface area (Å²) in [6, 6.07) is 9.28. The SMILES string of the molecule is CNCc1cc(OC)c(OCc2ccc(Cl)c(Cl)c2)cc1Br. The Labute approximate surface area is 148 Å². The average Bonchev–Trinajstić information content (AvgIpc) is 2.50. The molecule has 0 aliphatic heterocycles. The van der Waals surface area contributed by atoms with Gasteiger partial charge in [0.25, 0.3) is 0 Å². The van der Waals surface area contributed by atoms with Gasteiger partial charge in [0.1, 0.15) is 6.61 Å². The van der Waals surface area contributed by atoms with E-state index in [-0.39, 0.29) is 0 Å². The lowest BCUT2D eigenvalue weighted by Crippen LogP contribution is -2.06. The summed E-state index contributed by atoms with van der Waals surface area (Å²) in [5, 5.41) is 4.16. The van der Waals surface area contributed by atoms with Crippen molar-refractivity contribution in [2.24, 2.45) is 0 Å². The highest BCUT2D eigenvalue weighted by Gasteiger charge is 2.10. The zero-order chi connectivity index (χ0) is 16.1. The van der Waals surface area contributed by atoms with Gasteiger partial charge in [0, 0.05) is 11.0 Å². The number of benzene rings is 2. The van der Waals surface area contributed by atoms with Crippen molar-refractivity contribution in [3.05, 3.63) is 56.0 Å². The summed E-state index contributed by atoms with van der Waals surface area (Å²) < 4.78 is 12.2. The van der Waals surface area contributed by atoms with Crippen LogP contribution in [0.5, 0.6) is 11.5 Å². The van der Waals surface area contributed by atoms with E-state index in [2.05, 4.69) is 21.2 Å². The Bertz CT molecular complexity index is 665. The van der Waals surface area contributed by atoms with Crippen LogP contribution in [0.25, 0.3) is 0 Å². The number of hydrogen-bond donors (Lipinski definition) is 1. The van der Waals surface area contributed by atoms with Crippen molar-refractivity contribution >= 4 is 39.1 Å². The zero-order valence-corrected chi connectivity index (χ0v) is 15.3. The monoisotopic (exact) mass is 403 g/mol. The topological polar surface area (TPSA) is 30.5 Å². The van der Waals surface area contributed by atoms with Crippen molar-refractivity contribution in [2.75, 3.05) is 14.2 Å². The summed E-state index contributed by atoms with van der Waals surface area (Å²) in [5.74, 6) is 1.36. The van der Waals surface area contributed by atoms with E-state index >= 15 is 0 Å². The number of nitrogens with one attached hydrogen (secondary N) is 1.